The highest BCUT2D eigenvalue weighted by Crippen LogP contribution is 2.66. The van der Waals surface area contributed by atoms with Crippen LogP contribution >= 0.6 is 11.3 Å². The molecule has 0 N–H and O–H groups in total. The first kappa shape index (κ1) is 16.9. The molecule has 1 aliphatic rings. The van der Waals surface area contributed by atoms with E-state index < -0.39 is 5.41 Å². The highest BCUT2D eigenvalue weighted by Gasteiger charge is 2.68. The van der Waals surface area contributed by atoms with Crippen LogP contribution in [0.3, 0.4) is 0 Å². The summed E-state index contributed by atoms with van der Waals surface area (Å²) in [7, 11) is 1.79. The molecule has 26 heavy (non-hydrogen) atoms. The summed E-state index contributed by atoms with van der Waals surface area (Å²) >= 11 is 1.64. The first-order valence-corrected chi connectivity index (χ1v) is 9.34. The summed E-state index contributed by atoms with van der Waals surface area (Å²) in [6.07, 6.45) is 4.22. The highest BCUT2D eigenvalue weighted by atomic mass is 32.1. The van der Waals surface area contributed by atoms with Gasteiger partial charge < -0.3 is 9.42 Å². The van der Waals surface area contributed by atoms with E-state index in [1.165, 1.54) is 0 Å². The van der Waals surface area contributed by atoms with Gasteiger partial charge in [0.05, 0.1) is 12.0 Å². The van der Waals surface area contributed by atoms with E-state index in [-0.39, 0.29) is 11.3 Å². The minimum Gasteiger partial charge on any atom is -0.337 e. The molecule has 3 heterocycles. The van der Waals surface area contributed by atoms with Gasteiger partial charge in [-0.25, -0.2) is 0 Å². The van der Waals surface area contributed by atoms with E-state index in [1.54, 1.807) is 35.7 Å². The van der Waals surface area contributed by atoms with Crippen molar-refractivity contribution in [2.45, 2.75) is 32.2 Å². The van der Waals surface area contributed by atoms with Gasteiger partial charge in [0, 0.05) is 29.9 Å². The fraction of sp³-hybridized carbons (Fsp3) is 0.368. The number of hydrogen-bond donors (Lipinski definition) is 0. The summed E-state index contributed by atoms with van der Waals surface area (Å²) in [4.78, 5) is 24.5. The number of thiophene rings is 1. The van der Waals surface area contributed by atoms with Crippen LogP contribution in [0.5, 0.6) is 0 Å². The smallest absolute Gasteiger partial charge is 0.246 e. The number of carbonyl (C=O) groups is 1. The lowest BCUT2D eigenvalue weighted by molar-refractivity contribution is -0.134. The van der Waals surface area contributed by atoms with Crippen molar-refractivity contribution in [1.29, 1.82) is 0 Å². The van der Waals surface area contributed by atoms with Crippen LogP contribution in [-0.4, -0.2) is 33.0 Å². The number of hydrogen-bond acceptors (Lipinski definition) is 6. The number of amides is 1. The standard InChI is InChI=1S/C19H20N4O2S/c1-18(2)12-19(18,14-5-4-10-26-14)17(24)23(3)11-15-21-16(22-25-15)13-6-8-20-9-7-13/h4-10H,11-12H2,1-3H3. The number of pyridine rings is 1. The van der Waals surface area contributed by atoms with E-state index >= 15 is 0 Å². The van der Waals surface area contributed by atoms with Gasteiger partial charge in [0.1, 0.15) is 0 Å². The molecule has 0 aromatic carbocycles. The van der Waals surface area contributed by atoms with Crippen LogP contribution in [0, 0.1) is 5.41 Å². The van der Waals surface area contributed by atoms with Gasteiger partial charge in [-0.15, -0.1) is 11.3 Å². The third-order valence-electron chi connectivity index (χ3n) is 5.17. The second-order valence-corrected chi connectivity index (χ2v) is 8.30. The largest absolute Gasteiger partial charge is 0.337 e. The van der Waals surface area contributed by atoms with Crippen molar-refractivity contribution in [3.8, 4) is 11.4 Å². The van der Waals surface area contributed by atoms with Crippen molar-refractivity contribution in [3.05, 3.63) is 52.8 Å². The second kappa shape index (κ2) is 6.02. The minimum atomic E-state index is -0.441. The molecule has 3 aromatic heterocycles. The Morgan fingerprint density at radius 1 is 1.31 bits per heavy atom. The van der Waals surface area contributed by atoms with Crippen LogP contribution in [0.2, 0.25) is 0 Å². The molecule has 1 atom stereocenters. The number of aromatic nitrogens is 3. The molecule has 0 radical (unpaired) electrons. The van der Waals surface area contributed by atoms with E-state index in [4.69, 9.17) is 4.52 Å². The summed E-state index contributed by atoms with van der Waals surface area (Å²) in [6, 6.07) is 7.70. The van der Waals surface area contributed by atoms with E-state index in [2.05, 4.69) is 35.0 Å². The average molecular weight is 368 g/mol. The zero-order valence-corrected chi connectivity index (χ0v) is 15.8. The van der Waals surface area contributed by atoms with Gasteiger partial charge in [0.25, 0.3) is 0 Å². The molecule has 1 unspecified atom stereocenters. The Morgan fingerprint density at radius 2 is 2.04 bits per heavy atom. The Morgan fingerprint density at radius 3 is 2.65 bits per heavy atom. The summed E-state index contributed by atoms with van der Waals surface area (Å²) < 4.78 is 5.34. The molecule has 4 rings (SSSR count). The molecule has 1 fully saturated rings. The molecular formula is C19H20N4O2S. The molecule has 7 heteroatoms. The highest BCUT2D eigenvalue weighted by molar-refractivity contribution is 7.10. The van der Waals surface area contributed by atoms with Crippen molar-refractivity contribution in [2.24, 2.45) is 5.41 Å². The summed E-state index contributed by atoms with van der Waals surface area (Å²) in [6.45, 7) is 4.58. The van der Waals surface area contributed by atoms with Crippen LogP contribution in [0.1, 0.15) is 31.0 Å². The molecule has 1 amide bonds. The van der Waals surface area contributed by atoms with Gasteiger partial charge in [0.2, 0.25) is 17.6 Å². The third kappa shape index (κ3) is 2.63. The Balaban J connectivity index is 1.53. The van der Waals surface area contributed by atoms with Crippen LogP contribution in [0.15, 0.2) is 46.6 Å². The van der Waals surface area contributed by atoms with Gasteiger partial charge in [0.15, 0.2) is 0 Å². The van der Waals surface area contributed by atoms with Crippen molar-refractivity contribution in [1.82, 2.24) is 20.0 Å². The molecule has 0 spiro atoms. The van der Waals surface area contributed by atoms with E-state index in [9.17, 15) is 4.79 Å². The molecule has 6 nitrogen and oxygen atoms in total. The van der Waals surface area contributed by atoms with Gasteiger partial charge in [-0.3, -0.25) is 9.78 Å². The van der Waals surface area contributed by atoms with Gasteiger partial charge in [-0.1, -0.05) is 25.1 Å². The van der Waals surface area contributed by atoms with Gasteiger partial charge in [-0.2, -0.15) is 4.98 Å². The monoisotopic (exact) mass is 368 g/mol. The van der Waals surface area contributed by atoms with Crippen LogP contribution in [0.4, 0.5) is 0 Å². The Labute approximate surface area is 155 Å². The number of rotatable bonds is 5. The van der Waals surface area contributed by atoms with Crippen molar-refractivity contribution < 1.29 is 9.32 Å². The van der Waals surface area contributed by atoms with Crippen LogP contribution in [-0.2, 0) is 16.8 Å². The van der Waals surface area contributed by atoms with Gasteiger partial charge in [-0.05, 0) is 35.4 Å². The zero-order valence-electron chi connectivity index (χ0n) is 15.0. The van der Waals surface area contributed by atoms with E-state index in [0.717, 1.165) is 16.9 Å². The fourth-order valence-corrected chi connectivity index (χ4v) is 4.67. The molecule has 0 saturated heterocycles. The molecule has 0 bridgehead atoms. The lowest BCUT2D eigenvalue weighted by Gasteiger charge is -2.24. The Bertz CT molecular complexity index is 920. The lowest BCUT2D eigenvalue weighted by atomic mass is 9.92. The van der Waals surface area contributed by atoms with Gasteiger partial charge >= 0.3 is 0 Å². The van der Waals surface area contributed by atoms with E-state index in [0.29, 0.717) is 18.3 Å². The molecule has 1 aliphatic carbocycles. The minimum absolute atomic E-state index is 0.0414. The quantitative estimate of drug-likeness (QED) is 0.689. The number of likely N-dealkylation sites (N-methyl/N-ethyl adjacent to an activating group) is 1. The van der Waals surface area contributed by atoms with Crippen molar-refractivity contribution in [3.63, 3.8) is 0 Å². The summed E-state index contributed by atoms with van der Waals surface area (Å²) in [5, 5.41) is 6.03. The lowest BCUT2D eigenvalue weighted by Crippen LogP contribution is -2.38. The van der Waals surface area contributed by atoms with Crippen molar-refractivity contribution in [2.75, 3.05) is 7.05 Å². The molecule has 1 saturated carbocycles. The van der Waals surface area contributed by atoms with Crippen LogP contribution < -0.4 is 0 Å². The maximum absolute atomic E-state index is 13.3. The Kier molecular flexibility index (Phi) is 3.91. The predicted molar refractivity (Wildman–Crippen MR) is 98.4 cm³/mol. The average Bonchev–Trinajstić information content (AvgIpc) is 3.08. The summed E-state index contributed by atoms with van der Waals surface area (Å²) in [5.41, 5.74) is 0.353. The van der Waals surface area contributed by atoms with E-state index in [1.807, 2.05) is 23.6 Å². The normalized spacial score (nSPS) is 20.7. The molecule has 134 valence electrons. The summed E-state index contributed by atoms with van der Waals surface area (Å²) in [5.74, 6) is 1.03. The molecular weight excluding hydrogens is 348 g/mol. The SMILES string of the molecule is CN(Cc1nc(-c2ccncc2)no1)C(=O)C1(c2cccs2)CC1(C)C. The van der Waals surface area contributed by atoms with Crippen LogP contribution in [0.25, 0.3) is 11.4 Å². The number of carbonyl (C=O) groups excluding carboxylic acids is 1. The maximum atomic E-state index is 13.3. The molecule has 3 aromatic rings. The topological polar surface area (TPSA) is 72.1 Å². The third-order valence-corrected chi connectivity index (χ3v) is 6.20. The number of nitrogens with zero attached hydrogens (tertiary/aromatic N) is 4. The predicted octanol–water partition coefficient (Wildman–Crippen LogP) is 3.52. The first-order valence-electron chi connectivity index (χ1n) is 8.46. The fourth-order valence-electron chi connectivity index (χ4n) is 3.57. The molecule has 0 aliphatic heterocycles. The zero-order chi connectivity index (χ0) is 18.4. The van der Waals surface area contributed by atoms with Crippen molar-refractivity contribution >= 4 is 17.2 Å². The second-order valence-electron chi connectivity index (χ2n) is 7.35. The maximum Gasteiger partial charge on any atom is 0.246 e. The first-order chi connectivity index (χ1) is 12.4. The Hall–Kier alpha value is -2.54.